The predicted octanol–water partition coefficient (Wildman–Crippen LogP) is 3.36. The first kappa shape index (κ1) is 17.7. The zero-order valence-corrected chi connectivity index (χ0v) is 15.7. The molecule has 1 aromatic carbocycles. The van der Waals surface area contributed by atoms with E-state index in [0.717, 1.165) is 17.0 Å². The van der Waals surface area contributed by atoms with Gasteiger partial charge in [0, 0.05) is 16.4 Å². The molecule has 0 aliphatic heterocycles. The van der Waals surface area contributed by atoms with Crippen LogP contribution in [0.1, 0.15) is 29.9 Å². The van der Waals surface area contributed by atoms with Gasteiger partial charge in [0.05, 0.1) is 11.8 Å². The number of nitrogens with one attached hydrogen (secondary N) is 1. The number of amides is 1. The average Bonchev–Trinajstić information content (AvgIpc) is 2.96. The minimum atomic E-state index is -0.164. The lowest BCUT2D eigenvalue weighted by Gasteiger charge is -2.15. The summed E-state index contributed by atoms with van der Waals surface area (Å²) in [5, 5.41) is 8.49. The van der Waals surface area contributed by atoms with Gasteiger partial charge in [-0.3, -0.25) is 4.79 Å². The van der Waals surface area contributed by atoms with Crippen LogP contribution in [-0.2, 0) is 4.79 Å². The number of fused-ring (bicyclic) bond motifs is 1. The Hall–Kier alpha value is -2.12. The minimum absolute atomic E-state index is 0.0999. The number of hydrogen-bond acceptors (Lipinski definition) is 5. The summed E-state index contributed by atoms with van der Waals surface area (Å²) in [6.45, 7) is 5.77. The molecular formula is C17H18ClN5OS. The number of carbonyl (C=O) groups is 1. The van der Waals surface area contributed by atoms with E-state index in [1.165, 1.54) is 11.8 Å². The van der Waals surface area contributed by atoms with Crippen molar-refractivity contribution in [2.75, 3.05) is 5.75 Å². The number of rotatable bonds is 5. The van der Waals surface area contributed by atoms with Gasteiger partial charge in [-0.1, -0.05) is 41.6 Å². The van der Waals surface area contributed by atoms with E-state index >= 15 is 0 Å². The van der Waals surface area contributed by atoms with Crippen LogP contribution in [0.3, 0.4) is 0 Å². The number of nitrogens with zero attached hydrogens (tertiary/aromatic N) is 4. The van der Waals surface area contributed by atoms with Gasteiger partial charge in [-0.2, -0.15) is 4.98 Å². The summed E-state index contributed by atoms with van der Waals surface area (Å²) in [5.74, 6) is 0.672. The van der Waals surface area contributed by atoms with Gasteiger partial charge in [0.15, 0.2) is 0 Å². The third-order valence-electron chi connectivity index (χ3n) is 3.68. The van der Waals surface area contributed by atoms with Gasteiger partial charge in [0.25, 0.3) is 5.78 Å². The Balaban J connectivity index is 1.63. The van der Waals surface area contributed by atoms with Gasteiger partial charge < -0.3 is 5.32 Å². The van der Waals surface area contributed by atoms with Crippen LogP contribution in [0.25, 0.3) is 5.78 Å². The molecule has 3 aromatic rings. The van der Waals surface area contributed by atoms with Gasteiger partial charge in [-0.15, -0.1) is 5.10 Å². The number of aryl methyl sites for hydroxylation is 2. The molecule has 2 aromatic heterocycles. The van der Waals surface area contributed by atoms with Gasteiger partial charge >= 0.3 is 0 Å². The Labute approximate surface area is 155 Å². The third kappa shape index (κ3) is 4.11. The van der Waals surface area contributed by atoms with Crippen molar-refractivity contribution in [3.63, 3.8) is 0 Å². The fraction of sp³-hybridized carbons (Fsp3) is 0.294. The molecule has 2 heterocycles. The number of thioether (sulfide) groups is 1. The van der Waals surface area contributed by atoms with E-state index in [1.807, 2.05) is 51.1 Å². The highest BCUT2D eigenvalue weighted by Crippen LogP contribution is 2.22. The normalized spacial score (nSPS) is 12.3. The Morgan fingerprint density at radius 3 is 2.84 bits per heavy atom. The van der Waals surface area contributed by atoms with Crippen molar-refractivity contribution < 1.29 is 4.79 Å². The standard InChI is InChI=1S/C17H18ClN5OS/c1-10-8-11(2)23-16(19-10)21-17(22-23)25-9-15(24)20-12(3)13-6-4-5-7-14(13)18/h4-8,12H,9H2,1-3H3,(H,20,24). The molecule has 25 heavy (non-hydrogen) atoms. The molecule has 1 atom stereocenters. The first-order valence-electron chi connectivity index (χ1n) is 7.81. The number of aromatic nitrogens is 4. The van der Waals surface area contributed by atoms with E-state index in [-0.39, 0.29) is 17.7 Å². The molecule has 0 aliphatic rings. The Morgan fingerprint density at radius 2 is 2.08 bits per heavy atom. The summed E-state index contributed by atoms with van der Waals surface area (Å²) in [5.41, 5.74) is 2.74. The number of carbonyl (C=O) groups excluding carboxylic acids is 1. The Bertz CT molecular complexity index is 927. The molecule has 0 aliphatic carbocycles. The summed E-state index contributed by atoms with van der Waals surface area (Å²) in [6, 6.07) is 9.25. The van der Waals surface area contributed by atoms with Crippen LogP contribution >= 0.6 is 23.4 Å². The van der Waals surface area contributed by atoms with Crippen LogP contribution in [0.5, 0.6) is 0 Å². The smallest absolute Gasteiger partial charge is 0.253 e. The molecular weight excluding hydrogens is 358 g/mol. The van der Waals surface area contributed by atoms with Crippen molar-refractivity contribution in [2.45, 2.75) is 32.0 Å². The van der Waals surface area contributed by atoms with Crippen molar-refractivity contribution in [3.05, 3.63) is 52.3 Å². The van der Waals surface area contributed by atoms with Crippen molar-refractivity contribution in [2.24, 2.45) is 0 Å². The molecule has 1 unspecified atom stereocenters. The van der Waals surface area contributed by atoms with Gasteiger partial charge in [-0.25, -0.2) is 9.50 Å². The Kier molecular flexibility index (Phi) is 5.24. The molecule has 0 spiro atoms. The van der Waals surface area contributed by atoms with Crippen LogP contribution in [0.2, 0.25) is 5.02 Å². The lowest BCUT2D eigenvalue weighted by atomic mass is 10.1. The maximum atomic E-state index is 12.2. The molecule has 0 bridgehead atoms. The fourth-order valence-electron chi connectivity index (χ4n) is 2.53. The Morgan fingerprint density at radius 1 is 1.32 bits per heavy atom. The van der Waals surface area contributed by atoms with E-state index in [9.17, 15) is 4.79 Å². The maximum Gasteiger partial charge on any atom is 0.253 e. The van der Waals surface area contributed by atoms with E-state index in [4.69, 9.17) is 11.6 Å². The molecule has 3 rings (SSSR count). The molecule has 0 saturated heterocycles. The van der Waals surface area contributed by atoms with E-state index in [2.05, 4.69) is 20.4 Å². The van der Waals surface area contributed by atoms with Gasteiger partial charge in [0.2, 0.25) is 11.1 Å². The SMILES string of the molecule is Cc1cc(C)n2nc(SCC(=O)NC(C)c3ccccc3Cl)nc2n1. The highest BCUT2D eigenvalue weighted by atomic mass is 35.5. The second-order valence-corrected chi connectivity index (χ2v) is 7.09. The number of benzene rings is 1. The molecule has 0 radical (unpaired) electrons. The average molecular weight is 376 g/mol. The minimum Gasteiger partial charge on any atom is -0.349 e. The first-order chi connectivity index (χ1) is 11.9. The molecule has 0 fully saturated rings. The van der Waals surface area contributed by atoms with Crippen LogP contribution < -0.4 is 5.32 Å². The summed E-state index contributed by atoms with van der Waals surface area (Å²) >= 11 is 7.44. The van der Waals surface area contributed by atoms with Crippen molar-refractivity contribution in [1.29, 1.82) is 0 Å². The van der Waals surface area contributed by atoms with Crippen molar-refractivity contribution in [1.82, 2.24) is 24.9 Å². The van der Waals surface area contributed by atoms with Crippen LogP contribution in [0.15, 0.2) is 35.5 Å². The molecule has 1 N–H and O–H groups in total. The highest BCUT2D eigenvalue weighted by molar-refractivity contribution is 7.99. The number of hydrogen-bond donors (Lipinski definition) is 1. The molecule has 1 amide bonds. The summed E-state index contributed by atoms with van der Waals surface area (Å²) < 4.78 is 1.68. The van der Waals surface area contributed by atoms with Crippen molar-refractivity contribution in [3.8, 4) is 0 Å². The monoisotopic (exact) mass is 375 g/mol. The maximum absolute atomic E-state index is 12.2. The first-order valence-corrected chi connectivity index (χ1v) is 9.18. The second kappa shape index (κ2) is 7.41. The lowest BCUT2D eigenvalue weighted by Crippen LogP contribution is -2.28. The van der Waals surface area contributed by atoms with Crippen LogP contribution in [-0.4, -0.2) is 31.2 Å². The molecule has 8 heteroatoms. The van der Waals surface area contributed by atoms with Crippen molar-refractivity contribution >= 4 is 35.0 Å². The lowest BCUT2D eigenvalue weighted by molar-refractivity contribution is -0.119. The van der Waals surface area contributed by atoms with E-state index < -0.39 is 0 Å². The highest BCUT2D eigenvalue weighted by Gasteiger charge is 2.14. The quantitative estimate of drug-likeness (QED) is 0.692. The topological polar surface area (TPSA) is 72.2 Å². The molecule has 6 nitrogen and oxygen atoms in total. The molecule has 0 saturated carbocycles. The summed E-state index contributed by atoms with van der Waals surface area (Å²) in [6.07, 6.45) is 0. The zero-order valence-electron chi connectivity index (χ0n) is 14.2. The summed E-state index contributed by atoms with van der Waals surface area (Å²) in [4.78, 5) is 20.9. The van der Waals surface area contributed by atoms with Crippen LogP contribution in [0, 0.1) is 13.8 Å². The van der Waals surface area contributed by atoms with Crippen LogP contribution in [0.4, 0.5) is 0 Å². The van der Waals surface area contributed by atoms with E-state index in [1.54, 1.807) is 4.52 Å². The second-order valence-electron chi connectivity index (χ2n) is 5.74. The summed E-state index contributed by atoms with van der Waals surface area (Å²) in [7, 11) is 0. The van der Waals surface area contributed by atoms with E-state index in [0.29, 0.717) is 16.0 Å². The fourth-order valence-corrected chi connectivity index (χ4v) is 3.45. The zero-order chi connectivity index (χ0) is 18.0. The van der Waals surface area contributed by atoms with Gasteiger partial charge in [0.1, 0.15) is 0 Å². The largest absolute Gasteiger partial charge is 0.349 e. The number of halogens is 1. The van der Waals surface area contributed by atoms with Gasteiger partial charge in [-0.05, 0) is 38.5 Å². The predicted molar refractivity (Wildman–Crippen MR) is 99.0 cm³/mol. The molecule has 130 valence electrons. The third-order valence-corrected chi connectivity index (χ3v) is 4.86.